The Morgan fingerprint density at radius 1 is 1.18 bits per heavy atom. The number of hydrogen-bond donors (Lipinski definition) is 3. The first-order valence-corrected chi connectivity index (χ1v) is 6.22. The van der Waals surface area contributed by atoms with Crippen LogP contribution in [0.4, 0.5) is 0 Å². The van der Waals surface area contributed by atoms with Crippen LogP contribution in [0.2, 0.25) is 0 Å². The third-order valence-electron chi connectivity index (χ3n) is 2.64. The van der Waals surface area contributed by atoms with Gasteiger partial charge in [-0.05, 0) is 12.4 Å². The SMILES string of the molecule is C1=CC2(C=CNC2)CN1.CCCCC.NC=O. The molecule has 1 amide bonds. The quantitative estimate of drug-likeness (QED) is 0.640. The van der Waals surface area contributed by atoms with Crippen molar-refractivity contribution in [1.82, 2.24) is 10.6 Å². The molecule has 0 atom stereocenters. The number of primary amides is 1. The van der Waals surface area contributed by atoms with Crippen LogP contribution >= 0.6 is 0 Å². The van der Waals surface area contributed by atoms with E-state index < -0.39 is 0 Å². The fourth-order valence-electron chi connectivity index (χ4n) is 1.65. The van der Waals surface area contributed by atoms with E-state index in [2.05, 4.69) is 42.4 Å². The Hall–Kier alpha value is -1.45. The minimum Gasteiger partial charge on any atom is -0.390 e. The summed E-state index contributed by atoms with van der Waals surface area (Å²) in [5.74, 6) is 0. The van der Waals surface area contributed by atoms with Gasteiger partial charge in [-0.3, -0.25) is 4.79 Å². The Balaban J connectivity index is 0.000000276. The van der Waals surface area contributed by atoms with Crippen molar-refractivity contribution in [2.24, 2.45) is 11.1 Å². The number of carbonyl (C=O) groups excluding carboxylic acids is 1. The first-order valence-electron chi connectivity index (χ1n) is 6.22. The molecule has 2 rings (SSSR count). The monoisotopic (exact) mass is 239 g/mol. The molecule has 0 fully saturated rings. The topological polar surface area (TPSA) is 67.2 Å². The first-order chi connectivity index (χ1) is 8.24. The van der Waals surface area contributed by atoms with Crippen LogP contribution < -0.4 is 16.4 Å². The van der Waals surface area contributed by atoms with Crippen molar-refractivity contribution in [2.75, 3.05) is 13.1 Å². The van der Waals surface area contributed by atoms with Gasteiger partial charge in [-0.2, -0.15) is 0 Å². The van der Waals surface area contributed by atoms with Gasteiger partial charge in [-0.1, -0.05) is 45.3 Å². The van der Waals surface area contributed by atoms with Crippen molar-refractivity contribution >= 4 is 6.41 Å². The molecule has 17 heavy (non-hydrogen) atoms. The number of nitrogens with two attached hydrogens (primary N) is 1. The first kappa shape index (κ1) is 15.6. The highest BCUT2D eigenvalue weighted by molar-refractivity contribution is 5.42. The van der Waals surface area contributed by atoms with Crippen molar-refractivity contribution in [2.45, 2.75) is 33.1 Å². The third-order valence-corrected chi connectivity index (χ3v) is 2.64. The molecule has 0 bridgehead atoms. The summed E-state index contributed by atoms with van der Waals surface area (Å²) in [7, 11) is 0. The van der Waals surface area contributed by atoms with Gasteiger partial charge < -0.3 is 16.4 Å². The molecule has 2 aliphatic rings. The molecule has 0 aliphatic carbocycles. The lowest BCUT2D eigenvalue weighted by Gasteiger charge is -2.15. The standard InChI is InChI=1S/C7H10N2.C5H12.CH3NO/c1-3-8-5-7(1)2-4-9-6-7;1-3-5-4-2;2-1-3/h1-4,8-9H,5-6H2;3-5H2,1-2H3;1H,(H2,2,3). The van der Waals surface area contributed by atoms with Gasteiger partial charge in [0.25, 0.3) is 0 Å². The molecule has 0 aromatic carbocycles. The molecule has 4 nitrogen and oxygen atoms in total. The van der Waals surface area contributed by atoms with Gasteiger partial charge in [0.05, 0.1) is 0 Å². The van der Waals surface area contributed by atoms with Crippen LogP contribution in [-0.2, 0) is 4.79 Å². The van der Waals surface area contributed by atoms with E-state index in [0.717, 1.165) is 13.1 Å². The minimum absolute atomic E-state index is 0.250. The van der Waals surface area contributed by atoms with Gasteiger partial charge in [0.1, 0.15) is 0 Å². The molecule has 0 aromatic heterocycles. The fourth-order valence-corrected chi connectivity index (χ4v) is 1.65. The average molecular weight is 239 g/mol. The smallest absolute Gasteiger partial charge is 0.204 e. The summed E-state index contributed by atoms with van der Waals surface area (Å²) in [6.07, 6.45) is 12.8. The number of unbranched alkanes of at least 4 members (excludes halogenated alkanes) is 2. The Labute approximate surface area is 104 Å². The molecule has 0 saturated carbocycles. The number of carbonyl (C=O) groups is 1. The van der Waals surface area contributed by atoms with E-state index in [-0.39, 0.29) is 6.41 Å². The number of amides is 1. The van der Waals surface area contributed by atoms with Gasteiger partial charge in [0.2, 0.25) is 6.41 Å². The molecular weight excluding hydrogens is 214 g/mol. The summed E-state index contributed by atoms with van der Waals surface area (Å²) >= 11 is 0. The van der Waals surface area contributed by atoms with Crippen molar-refractivity contribution < 1.29 is 4.79 Å². The van der Waals surface area contributed by atoms with Gasteiger partial charge in [-0.15, -0.1) is 0 Å². The van der Waals surface area contributed by atoms with E-state index in [4.69, 9.17) is 4.79 Å². The second-order valence-corrected chi connectivity index (χ2v) is 4.15. The van der Waals surface area contributed by atoms with E-state index >= 15 is 0 Å². The molecule has 98 valence electrons. The second-order valence-electron chi connectivity index (χ2n) is 4.15. The highest BCUT2D eigenvalue weighted by Crippen LogP contribution is 2.25. The second kappa shape index (κ2) is 9.75. The number of nitrogens with one attached hydrogen (secondary N) is 2. The van der Waals surface area contributed by atoms with Crippen LogP contribution in [0, 0.1) is 5.41 Å². The van der Waals surface area contributed by atoms with Gasteiger partial charge in [0.15, 0.2) is 0 Å². The highest BCUT2D eigenvalue weighted by Gasteiger charge is 2.28. The van der Waals surface area contributed by atoms with Crippen LogP contribution in [0.25, 0.3) is 0 Å². The lowest BCUT2D eigenvalue weighted by atomic mass is 9.92. The molecule has 1 spiro atoms. The van der Waals surface area contributed by atoms with Crippen molar-refractivity contribution in [3.63, 3.8) is 0 Å². The Kier molecular flexibility index (Phi) is 8.92. The minimum atomic E-state index is 0.250. The maximum absolute atomic E-state index is 8.58. The predicted octanol–water partition coefficient (Wildman–Crippen LogP) is 1.50. The molecule has 0 aromatic rings. The summed E-state index contributed by atoms with van der Waals surface area (Å²) in [5.41, 5.74) is 4.47. The largest absolute Gasteiger partial charge is 0.390 e. The molecule has 4 N–H and O–H groups in total. The van der Waals surface area contributed by atoms with Crippen molar-refractivity contribution in [3.05, 3.63) is 24.6 Å². The lowest BCUT2D eigenvalue weighted by Crippen LogP contribution is -2.27. The van der Waals surface area contributed by atoms with Gasteiger partial charge in [-0.25, -0.2) is 0 Å². The zero-order valence-electron chi connectivity index (χ0n) is 10.9. The molecule has 0 unspecified atom stereocenters. The summed E-state index contributed by atoms with van der Waals surface area (Å²) in [6.45, 7) is 6.53. The van der Waals surface area contributed by atoms with E-state index in [1.807, 2.05) is 12.4 Å². The average Bonchev–Trinajstić information content (AvgIpc) is 2.96. The molecule has 0 saturated heterocycles. The summed E-state index contributed by atoms with van der Waals surface area (Å²) < 4.78 is 0. The van der Waals surface area contributed by atoms with E-state index in [0.29, 0.717) is 5.41 Å². The normalized spacial score (nSPS) is 17.3. The van der Waals surface area contributed by atoms with Crippen LogP contribution in [0.3, 0.4) is 0 Å². The van der Waals surface area contributed by atoms with E-state index in [9.17, 15) is 0 Å². The summed E-state index contributed by atoms with van der Waals surface area (Å²) in [4.78, 5) is 8.58. The van der Waals surface area contributed by atoms with Crippen molar-refractivity contribution in [3.8, 4) is 0 Å². The van der Waals surface area contributed by atoms with Gasteiger partial charge in [0, 0.05) is 18.5 Å². The van der Waals surface area contributed by atoms with Crippen LogP contribution in [0.1, 0.15) is 33.1 Å². The summed E-state index contributed by atoms with van der Waals surface area (Å²) in [6, 6.07) is 0. The molecule has 4 heteroatoms. The highest BCUT2D eigenvalue weighted by atomic mass is 16.1. The van der Waals surface area contributed by atoms with Crippen LogP contribution in [0.15, 0.2) is 24.6 Å². The van der Waals surface area contributed by atoms with Crippen LogP contribution in [-0.4, -0.2) is 19.5 Å². The lowest BCUT2D eigenvalue weighted by molar-refractivity contribution is -0.106. The maximum atomic E-state index is 8.58. The zero-order chi connectivity index (χ0) is 13.0. The predicted molar refractivity (Wildman–Crippen MR) is 72.2 cm³/mol. The Morgan fingerprint density at radius 2 is 1.59 bits per heavy atom. The fraction of sp³-hybridized carbons (Fsp3) is 0.615. The maximum Gasteiger partial charge on any atom is 0.204 e. The molecule has 2 heterocycles. The van der Waals surface area contributed by atoms with Crippen LogP contribution in [0.5, 0.6) is 0 Å². The summed E-state index contributed by atoms with van der Waals surface area (Å²) in [5, 5.41) is 6.37. The van der Waals surface area contributed by atoms with E-state index in [1.54, 1.807) is 0 Å². The zero-order valence-corrected chi connectivity index (χ0v) is 10.9. The number of hydrogen-bond acceptors (Lipinski definition) is 3. The number of rotatable bonds is 2. The molecule has 0 radical (unpaired) electrons. The van der Waals surface area contributed by atoms with Crippen molar-refractivity contribution in [1.29, 1.82) is 0 Å². The molecular formula is C13H25N3O. The Morgan fingerprint density at radius 3 is 1.76 bits per heavy atom. The Bertz CT molecular complexity index is 227. The molecule has 2 aliphatic heterocycles. The third kappa shape index (κ3) is 6.66. The van der Waals surface area contributed by atoms with Gasteiger partial charge >= 0.3 is 0 Å². The van der Waals surface area contributed by atoms with E-state index in [1.165, 1.54) is 19.3 Å².